The minimum Gasteiger partial charge on any atom is -0.493 e. The van der Waals surface area contributed by atoms with Crippen LogP contribution in [0.1, 0.15) is 21.6 Å². The van der Waals surface area contributed by atoms with Gasteiger partial charge in [0.25, 0.3) is 5.91 Å². The lowest BCUT2D eigenvalue weighted by molar-refractivity contribution is 0.102. The topological polar surface area (TPSA) is 78.3 Å². The molecule has 1 N–H and O–H groups in total. The lowest BCUT2D eigenvalue weighted by atomic mass is 10.1. The van der Waals surface area contributed by atoms with Crippen molar-refractivity contribution in [3.05, 3.63) is 82.5 Å². The van der Waals surface area contributed by atoms with E-state index in [2.05, 4.69) is 15.4 Å². The van der Waals surface area contributed by atoms with Gasteiger partial charge < -0.3 is 14.8 Å². The summed E-state index contributed by atoms with van der Waals surface area (Å²) < 4.78 is 26.4. The molecule has 0 saturated heterocycles. The molecule has 0 saturated carbocycles. The molecule has 33 heavy (non-hydrogen) atoms. The maximum absolute atomic E-state index is 13.8. The lowest BCUT2D eigenvalue weighted by Gasteiger charge is -2.12. The summed E-state index contributed by atoms with van der Waals surface area (Å²) in [7, 11) is 3.13. The first-order chi connectivity index (χ1) is 16.0. The Bertz CT molecular complexity index is 1390. The van der Waals surface area contributed by atoms with Gasteiger partial charge in [0.05, 0.1) is 30.6 Å². The number of carbonyl (C=O) groups is 1. The van der Waals surface area contributed by atoms with Gasteiger partial charge in [0, 0.05) is 35.6 Å². The highest BCUT2D eigenvalue weighted by Crippen LogP contribution is 2.45. The second kappa shape index (κ2) is 8.22. The van der Waals surface area contributed by atoms with E-state index in [1.54, 1.807) is 49.5 Å². The number of aromatic nitrogens is 3. The number of hydrogen-bond acceptors (Lipinski definition) is 5. The molecule has 7 nitrogen and oxygen atoms in total. The summed E-state index contributed by atoms with van der Waals surface area (Å²) in [6.45, 7) is 0. The molecule has 0 aliphatic heterocycles. The van der Waals surface area contributed by atoms with E-state index < -0.39 is 5.82 Å². The van der Waals surface area contributed by atoms with Crippen LogP contribution in [-0.2, 0) is 6.42 Å². The fourth-order valence-electron chi connectivity index (χ4n) is 3.98. The molecule has 1 aliphatic rings. The molecule has 2 heterocycles. The third kappa shape index (κ3) is 3.58. The number of anilines is 1. The molecule has 2 aromatic carbocycles. The van der Waals surface area contributed by atoms with Crippen LogP contribution in [0.25, 0.3) is 16.9 Å². The van der Waals surface area contributed by atoms with Crippen molar-refractivity contribution in [1.29, 1.82) is 0 Å². The van der Waals surface area contributed by atoms with Crippen molar-refractivity contribution < 1.29 is 18.7 Å². The van der Waals surface area contributed by atoms with Gasteiger partial charge in [0.15, 0.2) is 17.2 Å². The van der Waals surface area contributed by atoms with Crippen molar-refractivity contribution in [2.45, 2.75) is 6.42 Å². The van der Waals surface area contributed by atoms with Crippen molar-refractivity contribution in [2.24, 2.45) is 0 Å². The number of nitrogens with one attached hydrogen (secondary N) is 1. The summed E-state index contributed by atoms with van der Waals surface area (Å²) in [4.78, 5) is 17.2. The van der Waals surface area contributed by atoms with Gasteiger partial charge in [-0.2, -0.15) is 5.10 Å². The zero-order valence-electron chi connectivity index (χ0n) is 17.7. The van der Waals surface area contributed by atoms with Crippen LogP contribution in [0.3, 0.4) is 0 Å². The predicted molar refractivity (Wildman–Crippen MR) is 122 cm³/mol. The molecule has 5 rings (SSSR count). The maximum atomic E-state index is 13.8. The summed E-state index contributed by atoms with van der Waals surface area (Å²) in [6.07, 6.45) is 3.65. The molecule has 0 atom stereocenters. The van der Waals surface area contributed by atoms with E-state index in [9.17, 15) is 9.18 Å². The molecule has 1 amide bonds. The molecule has 4 aromatic rings. The van der Waals surface area contributed by atoms with E-state index in [4.69, 9.17) is 21.1 Å². The Morgan fingerprint density at radius 1 is 1.09 bits per heavy atom. The van der Waals surface area contributed by atoms with Gasteiger partial charge in [-0.05, 0) is 48.0 Å². The van der Waals surface area contributed by atoms with Gasteiger partial charge in [0.1, 0.15) is 5.82 Å². The van der Waals surface area contributed by atoms with Crippen molar-refractivity contribution in [3.63, 3.8) is 0 Å². The molecule has 0 spiro atoms. The Morgan fingerprint density at radius 3 is 2.52 bits per heavy atom. The highest BCUT2D eigenvalue weighted by Gasteiger charge is 2.32. The van der Waals surface area contributed by atoms with Crippen molar-refractivity contribution >= 4 is 23.2 Å². The third-order valence-electron chi connectivity index (χ3n) is 5.52. The molecule has 1 aliphatic carbocycles. The lowest BCUT2D eigenvalue weighted by Crippen LogP contribution is -2.15. The highest BCUT2D eigenvalue weighted by molar-refractivity contribution is 6.30. The third-order valence-corrected chi connectivity index (χ3v) is 5.81. The Morgan fingerprint density at radius 2 is 1.82 bits per heavy atom. The van der Waals surface area contributed by atoms with Crippen molar-refractivity contribution in [3.8, 4) is 28.4 Å². The quantitative estimate of drug-likeness (QED) is 0.400. The summed E-state index contributed by atoms with van der Waals surface area (Å²) in [5.74, 6) is 0.244. The van der Waals surface area contributed by atoms with Gasteiger partial charge >= 0.3 is 0 Å². The second-order valence-electron chi connectivity index (χ2n) is 7.42. The number of methoxy groups -OCH3 is 2. The normalized spacial score (nSPS) is 11.6. The summed E-state index contributed by atoms with van der Waals surface area (Å²) in [5, 5.41) is 7.42. The molecule has 166 valence electrons. The first kappa shape index (κ1) is 21.0. The van der Waals surface area contributed by atoms with E-state index in [-0.39, 0.29) is 16.6 Å². The van der Waals surface area contributed by atoms with Crippen molar-refractivity contribution in [2.75, 3.05) is 19.5 Å². The monoisotopic (exact) mass is 464 g/mol. The standard InChI is InChI=1S/C24H18ClFN4O3/c1-32-20-10-13-9-17-22(24(31)28-14-5-7-27-8-6-14)29-30(15-3-4-19(26)18(25)11-15)23(17)16(13)12-21(20)33-2/h3-8,10-12H,9H2,1-2H3,(H,27,28,31). The number of amides is 1. The number of benzene rings is 2. The van der Waals surface area contributed by atoms with Gasteiger partial charge in [-0.25, -0.2) is 9.07 Å². The fourth-order valence-corrected chi connectivity index (χ4v) is 4.16. The van der Waals surface area contributed by atoms with Crippen LogP contribution in [-0.4, -0.2) is 34.9 Å². The number of ether oxygens (including phenoxy) is 2. The number of fused-ring (bicyclic) bond motifs is 3. The molecule has 0 unspecified atom stereocenters. The van der Waals surface area contributed by atoms with Gasteiger partial charge in [-0.3, -0.25) is 9.78 Å². The average Bonchev–Trinajstić information content (AvgIpc) is 3.37. The Balaban J connectivity index is 1.68. The number of hydrogen-bond donors (Lipinski definition) is 1. The van der Waals surface area contributed by atoms with Crippen LogP contribution < -0.4 is 14.8 Å². The smallest absolute Gasteiger partial charge is 0.276 e. The summed E-state index contributed by atoms with van der Waals surface area (Å²) in [6, 6.07) is 11.4. The first-order valence-corrected chi connectivity index (χ1v) is 10.4. The largest absolute Gasteiger partial charge is 0.493 e. The van der Waals surface area contributed by atoms with Crippen LogP contribution in [0.15, 0.2) is 54.9 Å². The van der Waals surface area contributed by atoms with E-state index >= 15 is 0 Å². The maximum Gasteiger partial charge on any atom is 0.276 e. The first-order valence-electron chi connectivity index (χ1n) is 10.0. The van der Waals surface area contributed by atoms with Crippen LogP contribution in [0, 0.1) is 5.82 Å². The minimum absolute atomic E-state index is 0.0370. The predicted octanol–water partition coefficient (Wildman–Crippen LogP) is 4.90. The number of halogens is 2. The average molecular weight is 465 g/mol. The molecular weight excluding hydrogens is 447 g/mol. The van der Waals surface area contributed by atoms with Crippen LogP contribution in [0.2, 0.25) is 5.02 Å². The highest BCUT2D eigenvalue weighted by atomic mass is 35.5. The Hall–Kier alpha value is -3.91. The van der Waals surface area contributed by atoms with E-state index in [0.717, 1.165) is 16.7 Å². The number of carbonyl (C=O) groups excluding carboxylic acids is 1. The molecule has 2 aromatic heterocycles. The SMILES string of the molecule is COc1cc2c(cc1OC)-c1c(c(C(=O)Nc3ccncc3)nn1-c1ccc(F)c(Cl)c1)C2. The summed E-state index contributed by atoms with van der Waals surface area (Å²) >= 11 is 6.04. The molecule has 0 fully saturated rings. The van der Waals surface area contributed by atoms with Crippen molar-refractivity contribution in [1.82, 2.24) is 14.8 Å². The van der Waals surface area contributed by atoms with Crippen LogP contribution >= 0.6 is 11.6 Å². The Kier molecular flexibility index (Phi) is 5.22. The Labute approximate surface area is 193 Å². The molecule has 9 heteroatoms. The summed E-state index contributed by atoms with van der Waals surface area (Å²) in [5.41, 5.74) is 4.65. The van der Waals surface area contributed by atoms with E-state index in [1.165, 1.54) is 12.1 Å². The number of rotatable bonds is 5. The zero-order chi connectivity index (χ0) is 23.1. The zero-order valence-corrected chi connectivity index (χ0v) is 18.5. The van der Waals surface area contributed by atoms with Crippen LogP contribution in [0.5, 0.6) is 11.5 Å². The van der Waals surface area contributed by atoms with Crippen LogP contribution in [0.4, 0.5) is 10.1 Å². The van der Waals surface area contributed by atoms with Gasteiger partial charge in [-0.1, -0.05) is 11.6 Å². The fraction of sp³-hybridized carbons (Fsp3) is 0.125. The number of nitrogens with zero attached hydrogens (tertiary/aromatic N) is 3. The van der Waals surface area contributed by atoms with Gasteiger partial charge in [-0.15, -0.1) is 0 Å². The molecule has 0 bridgehead atoms. The molecular formula is C24H18ClFN4O3. The molecule has 0 radical (unpaired) electrons. The van der Waals surface area contributed by atoms with E-state index in [1.807, 2.05) is 12.1 Å². The van der Waals surface area contributed by atoms with E-state index in [0.29, 0.717) is 35.0 Å². The second-order valence-corrected chi connectivity index (χ2v) is 7.82. The minimum atomic E-state index is -0.535. The van der Waals surface area contributed by atoms with Gasteiger partial charge in [0.2, 0.25) is 0 Å². The number of pyridine rings is 1.